The molecular formula is C11H15FIN. The Morgan fingerprint density at radius 1 is 1.36 bits per heavy atom. The molecule has 0 aliphatic rings. The van der Waals surface area contributed by atoms with Crippen LogP contribution in [-0.2, 0) is 0 Å². The van der Waals surface area contributed by atoms with E-state index in [1.807, 2.05) is 28.7 Å². The van der Waals surface area contributed by atoms with Crippen molar-refractivity contribution >= 4 is 22.6 Å². The molecule has 0 heterocycles. The van der Waals surface area contributed by atoms with Gasteiger partial charge in [-0.1, -0.05) is 26.8 Å². The third kappa shape index (κ3) is 2.67. The van der Waals surface area contributed by atoms with Gasteiger partial charge >= 0.3 is 0 Å². The van der Waals surface area contributed by atoms with Crippen molar-refractivity contribution in [2.24, 2.45) is 11.1 Å². The fourth-order valence-corrected chi connectivity index (χ4v) is 1.75. The van der Waals surface area contributed by atoms with Gasteiger partial charge in [0.05, 0.1) is 0 Å². The van der Waals surface area contributed by atoms with Crippen LogP contribution in [0.1, 0.15) is 32.4 Å². The molecule has 1 aromatic rings. The van der Waals surface area contributed by atoms with Crippen LogP contribution in [0.4, 0.5) is 4.39 Å². The molecule has 0 saturated heterocycles. The van der Waals surface area contributed by atoms with Crippen LogP contribution in [0.5, 0.6) is 0 Å². The first-order valence-electron chi connectivity index (χ1n) is 4.53. The molecule has 1 aromatic carbocycles. The number of nitrogens with two attached hydrogens (primary N) is 1. The van der Waals surface area contributed by atoms with Crippen LogP contribution < -0.4 is 5.73 Å². The van der Waals surface area contributed by atoms with Crippen molar-refractivity contribution in [3.05, 3.63) is 33.1 Å². The molecule has 0 spiro atoms. The van der Waals surface area contributed by atoms with Crippen LogP contribution in [0.15, 0.2) is 18.2 Å². The van der Waals surface area contributed by atoms with Crippen LogP contribution >= 0.6 is 22.6 Å². The summed E-state index contributed by atoms with van der Waals surface area (Å²) in [6.07, 6.45) is 0. The topological polar surface area (TPSA) is 26.0 Å². The molecule has 3 heteroatoms. The molecule has 78 valence electrons. The predicted molar refractivity (Wildman–Crippen MR) is 65.5 cm³/mol. The van der Waals surface area contributed by atoms with E-state index in [4.69, 9.17) is 5.73 Å². The standard InChI is InChI=1S/C11H15FIN/c1-11(2,3)10(14)7-4-5-8(12)9(13)6-7/h4-6,10H,14H2,1-3H3. The van der Waals surface area contributed by atoms with Crippen LogP contribution in [0.25, 0.3) is 0 Å². The van der Waals surface area contributed by atoms with E-state index in [1.165, 1.54) is 6.07 Å². The summed E-state index contributed by atoms with van der Waals surface area (Å²) in [6, 6.07) is 4.98. The second-order valence-corrected chi connectivity index (χ2v) is 5.68. The molecule has 14 heavy (non-hydrogen) atoms. The van der Waals surface area contributed by atoms with Crippen molar-refractivity contribution in [2.75, 3.05) is 0 Å². The minimum Gasteiger partial charge on any atom is -0.324 e. The van der Waals surface area contributed by atoms with Gasteiger partial charge in [-0.3, -0.25) is 0 Å². The van der Waals surface area contributed by atoms with Crippen molar-refractivity contribution < 1.29 is 4.39 Å². The molecule has 1 unspecified atom stereocenters. The lowest BCUT2D eigenvalue weighted by molar-refractivity contribution is 0.326. The largest absolute Gasteiger partial charge is 0.324 e. The molecule has 0 saturated carbocycles. The van der Waals surface area contributed by atoms with Gasteiger partial charge in [-0.2, -0.15) is 0 Å². The summed E-state index contributed by atoms with van der Waals surface area (Å²) in [4.78, 5) is 0. The zero-order chi connectivity index (χ0) is 10.9. The quantitative estimate of drug-likeness (QED) is 0.790. The van der Waals surface area contributed by atoms with E-state index in [0.29, 0.717) is 3.57 Å². The van der Waals surface area contributed by atoms with Crippen LogP contribution in [0.3, 0.4) is 0 Å². The van der Waals surface area contributed by atoms with E-state index in [2.05, 4.69) is 20.8 Å². The molecule has 0 radical (unpaired) electrons. The summed E-state index contributed by atoms with van der Waals surface area (Å²) < 4.78 is 13.6. The average molecular weight is 307 g/mol. The zero-order valence-electron chi connectivity index (χ0n) is 8.64. The maximum atomic E-state index is 13.0. The summed E-state index contributed by atoms with van der Waals surface area (Å²) in [7, 11) is 0. The first kappa shape index (κ1) is 11.9. The molecule has 0 aliphatic heterocycles. The van der Waals surface area contributed by atoms with Crippen LogP contribution in [0, 0.1) is 14.8 Å². The lowest BCUT2D eigenvalue weighted by Gasteiger charge is -2.27. The van der Waals surface area contributed by atoms with Gasteiger partial charge in [0.25, 0.3) is 0 Å². The van der Waals surface area contributed by atoms with Gasteiger partial charge in [0.2, 0.25) is 0 Å². The molecule has 0 fully saturated rings. The van der Waals surface area contributed by atoms with Gasteiger partial charge in [0.1, 0.15) is 5.82 Å². The predicted octanol–water partition coefficient (Wildman–Crippen LogP) is 3.48. The summed E-state index contributed by atoms with van der Waals surface area (Å²) >= 11 is 1.98. The highest BCUT2D eigenvalue weighted by molar-refractivity contribution is 14.1. The van der Waals surface area contributed by atoms with E-state index >= 15 is 0 Å². The van der Waals surface area contributed by atoms with Gasteiger partial charge in [0, 0.05) is 9.61 Å². The average Bonchev–Trinajstić information content (AvgIpc) is 2.07. The van der Waals surface area contributed by atoms with Crippen molar-refractivity contribution in [1.29, 1.82) is 0 Å². The number of hydrogen-bond acceptors (Lipinski definition) is 1. The Morgan fingerprint density at radius 2 is 1.93 bits per heavy atom. The molecule has 1 nitrogen and oxygen atoms in total. The first-order chi connectivity index (χ1) is 6.32. The van der Waals surface area contributed by atoms with E-state index in [-0.39, 0.29) is 17.3 Å². The summed E-state index contributed by atoms with van der Waals surface area (Å²) in [5.41, 5.74) is 7.06. The number of hydrogen-bond donors (Lipinski definition) is 1. The Hall–Kier alpha value is -0.160. The second-order valence-electron chi connectivity index (χ2n) is 4.52. The Kier molecular flexibility index (Phi) is 3.53. The van der Waals surface area contributed by atoms with Gasteiger partial charge in [-0.15, -0.1) is 0 Å². The van der Waals surface area contributed by atoms with Gasteiger partial charge in [-0.25, -0.2) is 4.39 Å². The highest BCUT2D eigenvalue weighted by atomic mass is 127. The highest BCUT2D eigenvalue weighted by Gasteiger charge is 2.22. The smallest absolute Gasteiger partial charge is 0.136 e. The maximum Gasteiger partial charge on any atom is 0.136 e. The molecule has 0 bridgehead atoms. The van der Waals surface area contributed by atoms with Crippen molar-refractivity contribution in [3.63, 3.8) is 0 Å². The fraction of sp³-hybridized carbons (Fsp3) is 0.455. The molecule has 2 N–H and O–H groups in total. The molecule has 0 aliphatic carbocycles. The summed E-state index contributed by atoms with van der Waals surface area (Å²) in [5.74, 6) is -0.185. The molecular weight excluding hydrogens is 292 g/mol. The van der Waals surface area contributed by atoms with Gasteiger partial charge < -0.3 is 5.73 Å². The summed E-state index contributed by atoms with van der Waals surface area (Å²) in [5, 5.41) is 0. The third-order valence-electron chi connectivity index (χ3n) is 2.24. The minimum atomic E-state index is -0.185. The fourth-order valence-electron chi connectivity index (χ4n) is 1.21. The minimum absolute atomic E-state index is 0.000902. The Bertz CT molecular complexity index is 331. The third-order valence-corrected chi connectivity index (χ3v) is 3.06. The van der Waals surface area contributed by atoms with E-state index in [9.17, 15) is 4.39 Å². The normalized spacial score (nSPS) is 14.1. The monoisotopic (exact) mass is 307 g/mol. The van der Waals surface area contributed by atoms with Gasteiger partial charge in [0.15, 0.2) is 0 Å². The number of rotatable bonds is 1. The van der Waals surface area contributed by atoms with Crippen LogP contribution in [0.2, 0.25) is 0 Å². The van der Waals surface area contributed by atoms with E-state index in [0.717, 1.165) is 5.56 Å². The Balaban J connectivity index is 3.03. The molecule has 0 amide bonds. The number of benzene rings is 1. The SMILES string of the molecule is CC(C)(C)C(N)c1ccc(F)c(I)c1. The van der Waals surface area contributed by atoms with E-state index < -0.39 is 0 Å². The highest BCUT2D eigenvalue weighted by Crippen LogP contribution is 2.31. The lowest BCUT2D eigenvalue weighted by atomic mass is 9.83. The Labute approximate surface area is 98.0 Å². The van der Waals surface area contributed by atoms with Crippen LogP contribution in [-0.4, -0.2) is 0 Å². The second kappa shape index (κ2) is 4.14. The van der Waals surface area contributed by atoms with Gasteiger partial charge in [-0.05, 0) is 45.7 Å². The van der Waals surface area contributed by atoms with Crippen molar-refractivity contribution in [3.8, 4) is 0 Å². The maximum absolute atomic E-state index is 13.0. The van der Waals surface area contributed by atoms with E-state index in [1.54, 1.807) is 6.07 Å². The van der Waals surface area contributed by atoms with Crippen molar-refractivity contribution in [2.45, 2.75) is 26.8 Å². The number of halogens is 2. The summed E-state index contributed by atoms with van der Waals surface area (Å²) in [6.45, 7) is 6.23. The first-order valence-corrected chi connectivity index (χ1v) is 5.61. The zero-order valence-corrected chi connectivity index (χ0v) is 10.8. The molecule has 0 aromatic heterocycles. The van der Waals surface area contributed by atoms with Crippen molar-refractivity contribution in [1.82, 2.24) is 0 Å². The molecule has 1 rings (SSSR count). The Morgan fingerprint density at radius 3 is 2.36 bits per heavy atom. The lowest BCUT2D eigenvalue weighted by Crippen LogP contribution is -2.26. The molecule has 1 atom stereocenters.